The maximum Gasteiger partial charge on any atom is 0.336 e. The van der Waals surface area contributed by atoms with E-state index in [-0.39, 0.29) is 41.2 Å². The summed E-state index contributed by atoms with van der Waals surface area (Å²) in [6.07, 6.45) is 6.56. The van der Waals surface area contributed by atoms with Gasteiger partial charge in [0, 0.05) is 17.3 Å². The number of carbonyl (C=O) groups excluding carboxylic acids is 2. The van der Waals surface area contributed by atoms with E-state index in [0.29, 0.717) is 5.57 Å². The Hall–Kier alpha value is -1.68. The van der Waals surface area contributed by atoms with E-state index in [2.05, 4.69) is 13.5 Å². The molecule has 3 fully saturated rings. The van der Waals surface area contributed by atoms with E-state index in [1.54, 1.807) is 12.2 Å². The highest BCUT2D eigenvalue weighted by Crippen LogP contribution is 2.72. The molecule has 0 aromatic heterocycles. The lowest BCUT2D eigenvalue weighted by Gasteiger charge is -2.43. The largest absolute Gasteiger partial charge is 0.455 e. The highest BCUT2D eigenvalue weighted by atomic mass is 16.6. The highest BCUT2D eigenvalue weighted by molar-refractivity contribution is 5.99. The van der Waals surface area contributed by atoms with E-state index in [9.17, 15) is 9.59 Å². The maximum absolute atomic E-state index is 12.8. The van der Waals surface area contributed by atoms with Gasteiger partial charge in [-0.15, -0.1) is 6.58 Å². The topological polar surface area (TPSA) is 52.6 Å². The molecular formula is C19H22O4. The second-order valence-corrected chi connectivity index (χ2v) is 7.72. The molecule has 0 radical (unpaired) electrons. The number of rotatable bonds is 1. The summed E-state index contributed by atoms with van der Waals surface area (Å²) in [6.45, 7) is 11.9. The zero-order valence-corrected chi connectivity index (χ0v) is 14.0. The molecule has 2 saturated heterocycles. The quantitative estimate of drug-likeness (QED) is 0.424. The van der Waals surface area contributed by atoms with Gasteiger partial charge in [-0.2, -0.15) is 0 Å². The first kappa shape index (κ1) is 14.9. The predicted molar refractivity (Wildman–Crippen MR) is 84.5 cm³/mol. The number of esters is 1. The van der Waals surface area contributed by atoms with Crippen LogP contribution in [-0.4, -0.2) is 29.6 Å². The van der Waals surface area contributed by atoms with Gasteiger partial charge in [0.1, 0.15) is 12.2 Å². The number of allylic oxidation sites excluding steroid dienone is 4. The Morgan fingerprint density at radius 1 is 1.26 bits per heavy atom. The van der Waals surface area contributed by atoms with Crippen molar-refractivity contribution >= 4 is 11.8 Å². The monoisotopic (exact) mass is 314 g/mol. The summed E-state index contributed by atoms with van der Waals surface area (Å²) >= 11 is 0. The van der Waals surface area contributed by atoms with Crippen molar-refractivity contribution in [3.8, 4) is 0 Å². The Bertz CT molecular complexity index is 704. The van der Waals surface area contributed by atoms with Crippen LogP contribution in [0.2, 0.25) is 0 Å². The standard InChI is InChI=1S/C19H22O4/c1-6-10-13-14(22-16(10)21)15-17(3)9-8-12(20)18(4,11(17)7-2)19(15,5)23-13/h6-9,11,13-15H,2H2,1,3-5H3/b10-6-/t11-,13-,14+,15-,17+,18+,19-/m1/s1. The van der Waals surface area contributed by atoms with Crippen molar-refractivity contribution in [2.75, 3.05) is 0 Å². The Labute approximate surface area is 136 Å². The summed E-state index contributed by atoms with van der Waals surface area (Å²) in [7, 11) is 0. The Kier molecular flexibility index (Phi) is 2.62. The number of ether oxygens (including phenoxy) is 2. The molecule has 2 heterocycles. The molecule has 4 aliphatic rings. The van der Waals surface area contributed by atoms with Crippen molar-refractivity contribution in [2.45, 2.75) is 45.5 Å². The van der Waals surface area contributed by atoms with Crippen molar-refractivity contribution in [3.63, 3.8) is 0 Å². The summed E-state index contributed by atoms with van der Waals surface area (Å²) in [5, 5.41) is 0. The summed E-state index contributed by atoms with van der Waals surface area (Å²) in [5.74, 6) is -0.350. The van der Waals surface area contributed by atoms with Gasteiger partial charge in [-0.1, -0.05) is 25.2 Å². The first-order valence-corrected chi connectivity index (χ1v) is 8.17. The zero-order valence-electron chi connectivity index (χ0n) is 14.0. The molecule has 0 aromatic carbocycles. The molecule has 2 bridgehead atoms. The fourth-order valence-corrected chi connectivity index (χ4v) is 5.89. The van der Waals surface area contributed by atoms with E-state index in [1.807, 2.05) is 32.9 Å². The predicted octanol–water partition coefficient (Wildman–Crippen LogP) is 2.60. The zero-order chi connectivity index (χ0) is 16.8. The van der Waals surface area contributed by atoms with Crippen molar-refractivity contribution < 1.29 is 19.1 Å². The van der Waals surface area contributed by atoms with Crippen LogP contribution in [0.25, 0.3) is 0 Å². The van der Waals surface area contributed by atoms with Gasteiger partial charge in [-0.05, 0) is 26.8 Å². The van der Waals surface area contributed by atoms with Gasteiger partial charge < -0.3 is 9.47 Å². The summed E-state index contributed by atoms with van der Waals surface area (Å²) in [6, 6.07) is 0. The van der Waals surface area contributed by atoms with Gasteiger partial charge in [0.25, 0.3) is 0 Å². The summed E-state index contributed by atoms with van der Waals surface area (Å²) in [4.78, 5) is 25.0. The normalized spacial score (nSPS) is 55.0. The second kappa shape index (κ2) is 4.04. The SMILES string of the molecule is C=C[C@@H]1[C@]2(C)C=CC(=O)[C@@]1(C)[C@]1(C)O[C@@H]3/C(=C/C)C(=O)O[C@@H]3[C@H]21. The number of carbonyl (C=O) groups is 2. The highest BCUT2D eigenvalue weighted by Gasteiger charge is 2.79. The fraction of sp³-hybridized carbons (Fsp3) is 0.579. The second-order valence-electron chi connectivity index (χ2n) is 7.72. The van der Waals surface area contributed by atoms with Crippen LogP contribution in [0.4, 0.5) is 0 Å². The molecule has 0 amide bonds. The maximum atomic E-state index is 12.8. The molecule has 0 aromatic rings. The summed E-state index contributed by atoms with van der Waals surface area (Å²) < 4.78 is 12.1. The van der Waals surface area contributed by atoms with E-state index < -0.39 is 11.0 Å². The van der Waals surface area contributed by atoms with E-state index >= 15 is 0 Å². The molecule has 1 saturated carbocycles. The van der Waals surface area contributed by atoms with E-state index in [0.717, 1.165) is 0 Å². The average molecular weight is 314 g/mol. The van der Waals surface area contributed by atoms with Crippen LogP contribution >= 0.6 is 0 Å². The van der Waals surface area contributed by atoms with E-state index in [1.165, 1.54) is 0 Å². The van der Waals surface area contributed by atoms with Crippen LogP contribution < -0.4 is 0 Å². The molecule has 23 heavy (non-hydrogen) atoms. The first-order chi connectivity index (χ1) is 10.8. The van der Waals surface area contributed by atoms with Crippen LogP contribution in [-0.2, 0) is 19.1 Å². The number of ketones is 1. The fourth-order valence-electron chi connectivity index (χ4n) is 5.89. The van der Waals surface area contributed by atoms with Crippen LogP contribution in [0.5, 0.6) is 0 Å². The van der Waals surface area contributed by atoms with Crippen molar-refractivity contribution in [3.05, 3.63) is 36.5 Å². The third-order valence-corrected chi connectivity index (χ3v) is 7.02. The minimum atomic E-state index is -0.696. The Morgan fingerprint density at radius 3 is 2.57 bits per heavy atom. The van der Waals surface area contributed by atoms with Crippen molar-refractivity contribution in [2.24, 2.45) is 22.7 Å². The molecule has 0 N–H and O–H groups in total. The third-order valence-electron chi connectivity index (χ3n) is 7.02. The third kappa shape index (κ3) is 1.30. The first-order valence-electron chi connectivity index (χ1n) is 8.17. The van der Waals surface area contributed by atoms with Gasteiger partial charge >= 0.3 is 5.97 Å². The lowest BCUT2D eigenvalue weighted by Crippen LogP contribution is -2.51. The molecule has 7 atom stereocenters. The molecule has 4 heteroatoms. The Balaban J connectivity index is 1.95. The van der Waals surface area contributed by atoms with Crippen LogP contribution in [0, 0.1) is 22.7 Å². The summed E-state index contributed by atoms with van der Waals surface area (Å²) in [5.41, 5.74) is -1.13. The smallest absolute Gasteiger partial charge is 0.336 e. The van der Waals surface area contributed by atoms with Crippen LogP contribution in [0.3, 0.4) is 0 Å². The van der Waals surface area contributed by atoms with Crippen molar-refractivity contribution in [1.82, 2.24) is 0 Å². The van der Waals surface area contributed by atoms with Crippen LogP contribution in [0.15, 0.2) is 36.5 Å². The minimum Gasteiger partial charge on any atom is -0.455 e. The molecule has 2 aliphatic heterocycles. The molecule has 4 rings (SSSR count). The molecular weight excluding hydrogens is 292 g/mol. The molecule has 4 nitrogen and oxygen atoms in total. The lowest BCUT2D eigenvalue weighted by atomic mass is 9.62. The average Bonchev–Trinajstić information content (AvgIpc) is 2.97. The molecule has 0 spiro atoms. The lowest BCUT2D eigenvalue weighted by molar-refractivity contribution is -0.147. The van der Waals surface area contributed by atoms with Crippen molar-refractivity contribution in [1.29, 1.82) is 0 Å². The molecule has 0 unspecified atom stereocenters. The molecule has 122 valence electrons. The number of fused-ring (bicyclic) bond motifs is 7. The van der Waals surface area contributed by atoms with Crippen LogP contribution in [0.1, 0.15) is 27.7 Å². The van der Waals surface area contributed by atoms with E-state index in [4.69, 9.17) is 9.47 Å². The Morgan fingerprint density at radius 2 is 1.96 bits per heavy atom. The van der Waals surface area contributed by atoms with Gasteiger partial charge in [0.2, 0.25) is 0 Å². The minimum absolute atomic E-state index is 0.0446. The number of hydrogen-bond acceptors (Lipinski definition) is 4. The van der Waals surface area contributed by atoms with Gasteiger partial charge in [0.05, 0.1) is 16.6 Å². The van der Waals surface area contributed by atoms with Gasteiger partial charge in [-0.3, -0.25) is 4.79 Å². The van der Waals surface area contributed by atoms with Gasteiger partial charge in [-0.25, -0.2) is 4.79 Å². The van der Waals surface area contributed by atoms with Gasteiger partial charge in [0.15, 0.2) is 5.78 Å². The number of hydrogen-bond donors (Lipinski definition) is 0. The molecule has 2 aliphatic carbocycles.